The molecule has 1 fully saturated rings. The van der Waals surface area contributed by atoms with Gasteiger partial charge in [0.15, 0.2) is 0 Å². The average molecular weight is 380 g/mol. The Bertz CT molecular complexity index is 849. The number of nitrogens with zero attached hydrogens (tertiary/aromatic N) is 1. The number of furan rings is 1. The number of rotatable bonds is 4. The summed E-state index contributed by atoms with van der Waals surface area (Å²) in [6.45, 7) is 4.60. The van der Waals surface area contributed by atoms with Crippen molar-refractivity contribution in [2.45, 2.75) is 32.2 Å². The number of fused-ring (bicyclic) bond motifs is 1. The maximum Gasteiger partial charge on any atom is 0.280 e. The smallest absolute Gasteiger partial charge is 0.280 e. The molecule has 7 heteroatoms. The second-order valence-electron chi connectivity index (χ2n) is 6.84. The van der Waals surface area contributed by atoms with Gasteiger partial charge in [0, 0.05) is 16.0 Å². The molecule has 4 rings (SSSR count). The van der Waals surface area contributed by atoms with Crippen molar-refractivity contribution in [1.29, 1.82) is 0 Å². The van der Waals surface area contributed by atoms with Crippen LogP contribution in [-0.4, -0.2) is 42.4 Å². The van der Waals surface area contributed by atoms with Crippen LogP contribution < -0.4 is 10.1 Å². The van der Waals surface area contributed by atoms with E-state index in [0.717, 1.165) is 33.1 Å². The van der Waals surface area contributed by atoms with E-state index in [1.54, 1.807) is 11.8 Å². The third-order valence-corrected chi connectivity index (χ3v) is 6.18. The lowest BCUT2D eigenvalue weighted by Gasteiger charge is -2.39. The Morgan fingerprint density at radius 1 is 1.35 bits per heavy atom. The van der Waals surface area contributed by atoms with Gasteiger partial charge >= 0.3 is 0 Å². The molecule has 4 nitrogen and oxygen atoms in total. The number of aryl methyl sites for hydroxylation is 1. The van der Waals surface area contributed by atoms with Crippen LogP contribution in [0.5, 0.6) is 5.75 Å². The number of allylic oxidation sites excluding steroid dienone is 1. The molecule has 0 radical (unpaired) electrons. The predicted octanol–water partition coefficient (Wildman–Crippen LogP) is 4.36. The lowest BCUT2D eigenvalue weighted by molar-refractivity contribution is -0.0819. The predicted molar refractivity (Wildman–Crippen MR) is 99.7 cm³/mol. The van der Waals surface area contributed by atoms with Gasteiger partial charge in [0.1, 0.15) is 23.7 Å². The normalized spacial score (nSPS) is 23.1. The van der Waals surface area contributed by atoms with Crippen molar-refractivity contribution >= 4 is 22.7 Å². The Morgan fingerprint density at radius 2 is 2.19 bits per heavy atom. The number of piperidine rings is 1. The van der Waals surface area contributed by atoms with Crippen LogP contribution in [0.4, 0.5) is 8.78 Å². The van der Waals surface area contributed by atoms with Crippen LogP contribution in [0.3, 0.4) is 0 Å². The van der Waals surface area contributed by atoms with Crippen LogP contribution in [0.1, 0.15) is 19.1 Å². The third-order valence-electron chi connectivity index (χ3n) is 5.01. The number of alkyl halides is 2. The molecule has 2 aliphatic rings. The number of thioether (sulfide) groups is 1. The van der Waals surface area contributed by atoms with E-state index >= 15 is 0 Å². The molecule has 1 aromatic heterocycles. The van der Waals surface area contributed by atoms with E-state index in [0.29, 0.717) is 25.4 Å². The minimum Gasteiger partial charge on any atom is -0.488 e. The SMILES string of the molecule is CC1=C(COc2ccc3oc(C)cc3c2)SCN1C1CCNCC1(F)F. The van der Waals surface area contributed by atoms with E-state index in [1.165, 1.54) is 0 Å². The first-order valence-electron chi connectivity index (χ1n) is 8.75. The van der Waals surface area contributed by atoms with E-state index in [2.05, 4.69) is 5.32 Å². The van der Waals surface area contributed by atoms with E-state index in [4.69, 9.17) is 9.15 Å². The lowest BCUT2D eigenvalue weighted by Crippen LogP contribution is -2.56. The highest BCUT2D eigenvalue weighted by atomic mass is 32.2. The molecule has 1 N–H and O–H groups in total. The zero-order valence-corrected chi connectivity index (χ0v) is 15.7. The number of nitrogens with one attached hydrogen (secondary N) is 1. The van der Waals surface area contributed by atoms with Gasteiger partial charge in [-0.25, -0.2) is 8.78 Å². The largest absolute Gasteiger partial charge is 0.488 e. The highest BCUT2D eigenvalue weighted by molar-refractivity contribution is 8.03. The molecule has 2 aliphatic heterocycles. The summed E-state index contributed by atoms with van der Waals surface area (Å²) in [6.07, 6.45) is 0.454. The highest BCUT2D eigenvalue weighted by Crippen LogP contribution is 2.39. The van der Waals surface area contributed by atoms with Gasteiger partial charge in [-0.1, -0.05) is 0 Å². The minimum absolute atomic E-state index is 0.248. The van der Waals surface area contributed by atoms with Gasteiger partial charge in [0.2, 0.25) is 0 Å². The monoisotopic (exact) mass is 380 g/mol. The number of benzene rings is 1. The molecular formula is C19H22F2N2O2S. The summed E-state index contributed by atoms with van der Waals surface area (Å²) in [4.78, 5) is 2.86. The molecule has 0 saturated carbocycles. The van der Waals surface area contributed by atoms with Gasteiger partial charge in [-0.2, -0.15) is 0 Å². The molecule has 2 aromatic rings. The molecule has 1 atom stereocenters. The molecular weight excluding hydrogens is 358 g/mol. The van der Waals surface area contributed by atoms with E-state index in [9.17, 15) is 8.78 Å². The molecule has 0 amide bonds. The molecule has 3 heterocycles. The fourth-order valence-corrected chi connectivity index (χ4v) is 4.72. The number of hydrogen-bond donors (Lipinski definition) is 1. The van der Waals surface area contributed by atoms with Crippen LogP contribution in [-0.2, 0) is 0 Å². The Balaban J connectivity index is 1.46. The number of hydrogen-bond acceptors (Lipinski definition) is 5. The third kappa shape index (κ3) is 3.30. The molecule has 140 valence electrons. The van der Waals surface area contributed by atoms with Crippen LogP contribution in [0.2, 0.25) is 0 Å². The van der Waals surface area contributed by atoms with Crippen molar-refractivity contribution in [2.75, 3.05) is 25.6 Å². The first-order valence-corrected chi connectivity index (χ1v) is 9.73. The summed E-state index contributed by atoms with van der Waals surface area (Å²) in [6, 6.07) is 6.94. The molecule has 0 bridgehead atoms. The molecule has 0 aliphatic carbocycles. The first kappa shape index (κ1) is 17.7. The zero-order valence-electron chi connectivity index (χ0n) is 14.9. The van der Waals surface area contributed by atoms with Crippen molar-refractivity contribution in [1.82, 2.24) is 10.2 Å². The Labute approximate surface area is 155 Å². The summed E-state index contributed by atoms with van der Waals surface area (Å²) in [7, 11) is 0. The Kier molecular flexibility index (Phi) is 4.61. The van der Waals surface area contributed by atoms with Gasteiger partial charge in [-0.15, -0.1) is 11.8 Å². The fourth-order valence-electron chi connectivity index (χ4n) is 3.58. The van der Waals surface area contributed by atoms with Crippen LogP contribution in [0, 0.1) is 6.92 Å². The van der Waals surface area contributed by atoms with Crippen LogP contribution in [0.25, 0.3) is 11.0 Å². The molecule has 1 aromatic carbocycles. The average Bonchev–Trinajstić information content (AvgIpc) is 3.14. The Hall–Kier alpha value is -1.73. The topological polar surface area (TPSA) is 37.6 Å². The maximum atomic E-state index is 14.2. The minimum atomic E-state index is -2.71. The van der Waals surface area contributed by atoms with E-state index < -0.39 is 12.0 Å². The quantitative estimate of drug-likeness (QED) is 0.853. The standard InChI is InChI=1S/C19H22F2N2O2S/c1-12-7-14-8-15(3-4-16(14)25-12)24-9-17-13(2)23(11-26-17)18-5-6-22-10-19(18,20)21/h3-4,7-8,18,22H,5-6,9-11H2,1-2H3. The molecule has 0 spiro atoms. The first-order chi connectivity index (χ1) is 12.4. The van der Waals surface area contributed by atoms with Gasteiger partial charge in [0.25, 0.3) is 5.92 Å². The van der Waals surface area contributed by atoms with Gasteiger partial charge in [-0.3, -0.25) is 0 Å². The van der Waals surface area contributed by atoms with Gasteiger partial charge in [0.05, 0.1) is 18.5 Å². The van der Waals surface area contributed by atoms with E-state index in [1.807, 2.05) is 43.0 Å². The summed E-state index contributed by atoms with van der Waals surface area (Å²) in [5.74, 6) is -0.531. The van der Waals surface area contributed by atoms with Gasteiger partial charge < -0.3 is 19.4 Å². The molecule has 1 unspecified atom stereocenters. The van der Waals surface area contributed by atoms with Crippen LogP contribution in [0.15, 0.2) is 39.3 Å². The zero-order chi connectivity index (χ0) is 18.3. The van der Waals surface area contributed by atoms with Gasteiger partial charge in [-0.05, 0) is 51.1 Å². The summed E-state index contributed by atoms with van der Waals surface area (Å²) < 4.78 is 40.0. The maximum absolute atomic E-state index is 14.2. The number of ether oxygens (including phenoxy) is 1. The second kappa shape index (κ2) is 6.78. The van der Waals surface area contributed by atoms with Crippen molar-refractivity contribution < 1.29 is 17.9 Å². The molecule has 1 saturated heterocycles. The second-order valence-corrected chi connectivity index (χ2v) is 7.88. The van der Waals surface area contributed by atoms with Crippen molar-refractivity contribution in [3.8, 4) is 5.75 Å². The summed E-state index contributed by atoms with van der Waals surface area (Å²) in [5, 5.41) is 3.79. The van der Waals surface area contributed by atoms with Crippen molar-refractivity contribution in [2.24, 2.45) is 0 Å². The van der Waals surface area contributed by atoms with Crippen LogP contribution >= 0.6 is 11.8 Å². The number of halogens is 2. The van der Waals surface area contributed by atoms with Crippen molar-refractivity contribution in [3.05, 3.63) is 40.6 Å². The fraction of sp³-hybridized carbons (Fsp3) is 0.474. The van der Waals surface area contributed by atoms with E-state index in [-0.39, 0.29) is 6.54 Å². The molecule has 26 heavy (non-hydrogen) atoms. The van der Waals surface area contributed by atoms with Crippen molar-refractivity contribution in [3.63, 3.8) is 0 Å². The highest BCUT2D eigenvalue weighted by Gasteiger charge is 2.46. The summed E-state index contributed by atoms with van der Waals surface area (Å²) in [5.41, 5.74) is 1.74. The Morgan fingerprint density at radius 3 is 3.00 bits per heavy atom. The summed E-state index contributed by atoms with van der Waals surface area (Å²) >= 11 is 1.59. The lowest BCUT2D eigenvalue weighted by atomic mass is 10.0.